The van der Waals surface area contributed by atoms with E-state index in [2.05, 4.69) is 4.74 Å². The van der Waals surface area contributed by atoms with Crippen LogP contribution in [-0.2, 0) is 4.74 Å². The minimum absolute atomic E-state index is 0.00163. The molecule has 0 aliphatic rings. The van der Waals surface area contributed by atoms with Crippen molar-refractivity contribution in [3.05, 3.63) is 27.2 Å². The first-order valence-corrected chi connectivity index (χ1v) is 5.47. The Hall–Kier alpha value is -0.850. The lowest BCUT2D eigenvalue weighted by molar-refractivity contribution is -0.159. The summed E-state index contributed by atoms with van der Waals surface area (Å²) in [5.41, 5.74) is -0.00163. The Morgan fingerprint density at radius 3 is 2.28 bits per heavy atom. The molecule has 100 valence electrons. The first-order chi connectivity index (χ1) is 8.19. The number of amides is 1. The maximum atomic E-state index is 11.8. The lowest BCUT2D eigenvalue weighted by Gasteiger charge is -2.10. The summed E-state index contributed by atoms with van der Waals surface area (Å²) in [6.45, 7) is -1.70. The van der Waals surface area contributed by atoms with Crippen molar-refractivity contribution in [1.29, 1.82) is 0 Å². The van der Waals surface area contributed by atoms with Crippen LogP contribution in [0.4, 0.5) is 23.7 Å². The van der Waals surface area contributed by atoms with Crippen LogP contribution in [0.5, 0.6) is 0 Å². The van der Waals surface area contributed by atoms with Gasteiger partial charge in [0.2, 0.25) is 0 Å². The van der Waals surface area contributed by atoms with Crippen LogP contribution in [0.3, 0.4) is 0 Å². The van der Waals surface area contributed by atoms with E-state index in [9.17, 15) is 18.0 Å². The molecule has 0 unspecified atom stereocenters. The van der Waals surface area contributed by atoms with Gasteiger partial charge >= 0.3 is 12.3 Å². The zero-order chi connectivity index (χ0) is 13.9. The van der Waals surface area contributed by atoms with Gasteiger partial charge < -0.3 is 4.74 Å². The summed E-state index contributed by atoms with van der Waals surface area (Å²) < 4.78 is 39.3. The summed E-state index contributed by atoms with van der Waals surface area (Å²) in [7, 11) is 0. The topological polar surface area (TPSA) is 38.3 Å². The molecule has 0 saturated heterocycles. The van der Waals surface area contributed by atoms with E-state index in [-0.39, 0.29) is 20.8 Å². The Bertz CT molecular complexity index is 465. The summed E-state index contributed by atoms with van der Waals surface area (Å²) in [4.78, 5) is 11.0. The number of nitrogens with one attached hydrogen (secondary N) is 1. The number of halogens is 6. The van der Waals surface area contributed by atoms with E-state index in [0.29, 0.717) is 0 Å². The second-order valence-corrected chi connectivity index (χ2v) is 4.28. The summed E-state index contributed by atoms with van der Waals surface area (Å²) in [6, 6.07) is 2.44. The van der Waals surface area contributed by atoms with Crippen LogP contribution in [0, 0.1) is 0 Å². The predicted molar refractivity (Wildman–Crippen MR) is 62.5 cm³/mol. The average Bonchev–Trinajstić information content (AvgIpc) is 2.22. The molecule has 1 aromatic carbocycles. The number of anilines is 1. The number of benzene rings is 1. The molecule has 0 fully saturated rings. The van der Waals surface area contributed by atoms with Gasteiger partial charge in [-0.05, 0) is 12.1 Å². The van der Waals surface area contributed by atoms with Gasteiger partial charge in [-0.1, -0.05) is 34.8 Å². The maximum absolute atomic E-state index is 11.8. The lowest BCUT2D eigenvalue weighted by atomic mass is 10.3. The maximum Gasteiger partial charge on any atom is 0.422 e. The largest absolute Gasteiger partial charge is 0.440 e. The Kier molecular flexibility index (Phi) is 4.95. The van der Waals surface area contributed by atoms with Gasteiger partial charge in [0.15, 0.2) is 6.61 Å². The molecule has 0 radical (unpaired) electrons. The fraction of sp³-hybridized carbons (Fsp3) is 0.222. The standard InChI is InChI=1S/C9H5Cl3F3NO2/c10-4-1-6(12)7(2-5(4)11)16-8(17)18-3-9(13,14)15/h1-2H,3H2,(H,16,17). The van der Waals surface area contributed by atoms with E-state index in [1.54, 1.807) is 0 Å². The van der Waals surface area contributed by atoms with Crippen LogP contribution in [0.25, 0.3) is 0 Å². The molecule has 0 bridgehead atoms. The number of carbonyl (C=O) groups is 1. The van der Waals surface area contributed by atoms with Crippen molar-refractivity contribution in [2.75, 3.05) is 11.9 Å². The van der Waals surface area contributed by atoms with E-state index in [1.807, 2.05) is 5.32 Å². The van der Waals surface area contributed by atoms with Crippen molar-refractivity contribution in [2.24, 2.45) is 0 Å². The van der Waals surface area contributed by atoms with Crippen LogP contribution in [0.1, 0.15) is 0 Å². The van der Waals surface area contributed by atoms with Crippen molar-refractivity contribution in [2.45, 2.75) is 6.18 Å². The van der Waals surface area contributed by atoms with Crippen molar-refractivity contribution < 1.29 is 22.7 Å². The molecule has 1 rings (SSSR count). The smallest absolute Gasteiger partial charge is 0.422 e. The van der Waals surface area contributed by atoms with E-state index >= 15 is 0 Å². The van der Waals surface area contributed by atoms with Crippen molar-refractivity contribution in [1.82, 2.24) is 0 Å². The number of ether oxygens (including phenoxy) is 1. The molecule has 1 N–H and O–H groups in total. The second kappa shape index (κ2) is 5.86. The zero-order valence-electron chi connectivity index (χ0n) is 8.45. The molecule has 0 aliphatic heterocycles. The summed E-state index contributed by atoms with van der Waals surface area (Å²) >= 11 is 17.0. The molecule has 0 aliphatic carbocycles. The van der Waals surface area contributed by atoms with Crippen LogP contribution < -0.4 is 5.32 Å². The van der Waals surface area contributed by atoms with Gasteiger partial charge in [-0.3, -0.25) is 5.32 Å². The number of hydrogen-bond acceptors (Lipinski definition) is 2. The monoisotopic (exact) mass is 321 g/mol. The van der Waals surface area contributed by atoms with Gasteiger partial charge in [-0.2, -0.15) is 13.2 Å². The molecule has 0 saturated carbocycles. The highest BCUT2D eigenvalue weighted by Gasteiger charge is 2.29. The van der Waals surface area contributed by atoms with E-state index in [4.69, 9.17) is 34.8 Å². The van der Waals surface area contributed by atoms with Crippen molar-refractivity contribution in [3.63, 3.8) is 0 Å². The summed E-state index contributed by atoms with van der Waals surface area (Å²) in [6.07, 6.45) is -5.90. The highest BCUT2D eigenvalue weighted by Crippen LogP contribution is 2.32. The van der Waals surface area contributed by atoms with Crippen molar-refractivity contribution in [3.8, 4) is 0 Å². The predicted octanol–water partition coefficient (Wildman–Crippen LogP) is 4.76. The second-order valence-electron chi connectivity index (χ2n) is 3.06. The third-order valence-corrected chi connectivity index (χ3v) is 2.65. The lowest BCUT2D eigenvalue weighted by Crippen LogP contribution is -2.23. The van der Waals surface area contributed by atoms with Crippen LogP contribution in [0.2, 0.25) is 15.1 Å². The van der Waals surface area contributed by atoms with Gasteiger partial charge in [0.25, 0.3) is 0 Å². The molecule has 9 heteroatoms. The quantitative estimate of drug-likeness (QED) is 0.797. The average molecular weight is 322 g/mol. The third-order valence-electron chi connectivity index (χ3n) is 1.61. The summed E-state index contributed by atoms with van der Waals surface area (Å²) in [5, 5.41) is 2.28. The number of alkyl halides is 3. The van der Waals surface area contributed by atoms with Crippen LogP contribution in [-0.4, -0.2) is 18.9 Å². The van der Waals surface area contributed by atoms with Gasteiger partial charge in [0, 0.05) is 0 Å². The Balaban J connectivity index is 2.68. The van der Waals surface area contributed by atoms with Gasteiger partial charge in [-0.15, -0.1) is 0 Å². The zero-order valence-corrected chi connectivity index (χ0v) is 10.7. The number of hydrogen-bond donors (Lipinski definition) is 1. The normalized spacial score (nSPS) is 11.2. The van der Waals surface area contributed by atoms with Crippen LogP contribution >= 0.6 is 34.8 Å². The first kappa shape index (κ1) is 15.2. The molecular formula is C9H5Cl3F3NO2. The van der Waals surface area contributed by atoms with E-state index < -0.39 is 18.9 Å². The van der Waals surface area contributed by atoms with Crippen molar-refractivity contribution >= 4 is 46.6 Å². The fourth-order valence-corrected chi connectivity index (χ4v) is 1.51. The molecule has 18 heavy (non-hydrogen) atoms. The number of rotatable bonds is 2. The first-order valence-electron chi connectivity index (χ1n) is 4.34. The highest BCUT2D eigenvalue weighted by molar-refractivity contribution is 6.44. The molecule has 0 atom stereocenters. The minimum atomic E-state index is -4.60. The molecule has 0 heterocycles. The Morgan fingerprint density at radius 1 is 1.17 bits per heavy atom. The Labute approximate surface area is 115 Å². The van der Waals surface area contributed by atoms with Crippen LogP contribution in [0.15, 0.2) is 12.1 Å². The molecule has 3 nitrogen and oxygen atoms in total. The highest BCUT2D eigenvalue weighted by atomic mass is 35.5. The molecule has 1 amide bonds. The van der Waals surface area contributed by atoms with Gasteiger partial charge in [0.05, 0.1) is 20.8 Å². The Morgan fingerprint density at radius 2 is 1.72 bits per heavy atom. The minimum Gasteiger partial charge on any atom is -0.440 e. The molecule has 1 aromatic rings. The number of carbonyl (C=O) groups excluding carboxylic acids is 1. The third kappa shape index (κ3) is 4.80. The molecular weight excluding hydrogens is 317 g/mol. The van der Waals surface area contributed by atoms with Gasteiger partial charge in [-0.25, -0.2) is 4.79 Å². The SMILES string of the molecule is O=C(Nc1cc(Cl)c(Cl)cc1Cl)OCC(F)(F)F. The van der Waals surface area contributed by atoms with Gasteiger partial charge in [0.1, 0.15) is 0 Å². The van der Waals surface area contributed by atoms with E-state index in [0.717, 1.165) is 0 Å². The fourth-order valence-electron chi connectivity index (χ4n) is 0.912. The molecule has 0 aromatic heterocycles. The summed E-state index contributed by atoms with van der Waals surface area (Å²) in [5.74, 6) is 0. The van der Waals surface area contributed by atoms with E-state index in [1.165, 1.54) is 12.1 Å². The molecule has 0 spiro atoms.